The highest BCUT2D eigenvalue weighted by atomic mass is 16.6. The maximum absolute atomic E-state index is 11.8. The van der Waals surface area contributed by atoms with E-state index >= 15 is 0 Å². The van der Waals surface area contributed by atoms with Crippen molar-refractivity contribution in [2.75, 3.05) is 0 Å². The number of ether oxygens (including phenoxy) is 2. The van der Waals surface area contributed by atoms with Gasteiger partial charge in [-0.25, -0.2) is 9.59 Å². The average molecular weight is 299 g/mol. The molecule has 6 nitrogen and oxygen atoms in total. The summed E-state index contributed by atoms with van der Waals surface area (Å²) in [6.45, 7) is 3.27. The van der Waals surface area contributed by atoms with Crippen LogP contribution in [0.25, 0.3) is 5.76 Å². The number of primary amides is 1. The van der Waals surface area contributed by atoms with E-state index in [1.54, 1.807) is 38.1 Å². The number of carbonyl (C=O) groups excluding carboxylic acids is 3. The van der Waals surface area contributed by atoms with E-state index < -0.39 is 23.4 Å². The predicted molar refractivity (Wildman–Crippen MR) is 76.2 cm³/mol. The maximum Gasteiger partial charge on any atom is 0.345 e. The van der Waals surface area contributed by atoms with E-state index in [2.05, 4.69) is 0 Å². The third kappa shape index (κ3) is 2.00. The van der Waals surface area contributed by atoms with Gasteiger partial charge in [0.1, 0.15) is 16.9 Å². The molecule has 0 radical (unpaired) electrons. The SMILES string of the molecule is CC1(C)OC(=O)C(C(N)=O)=C1C=C1OC(=O)c2ccccc21. The third-order valence-corrected chi connectivity index (χ3v) is 3.61. The van der Waals surface area contributed by atoms with Crippen molar-refractivity contribution >= 4 is 23.6 Å². The molecule has 22 heavy (non-hydrogen) atoms. The van der Waals surface area contributed by atoms with Gasteiger partial charge in [0.05, 0.1) is 5.56 Å². The third-order valence-electron chi connectivity index (χ3n) is 3.61. The maximum atomic E-state index is 11.8. The van der Waals surface area contributed by atoms with Crippen LogP contribution in [0.2, 0.25) is 0 Å². The van der Waals surface area contributed by atoms with Crippen LogP contribution in [0.1, 0.15) is 29.8 Å². The first-order valence-electron chi connectivity index (χ1n) is 6.62. The average Bonchev–Trinajstić information content (AvgIpc) is 2.86. The minimum atomic E-state index is -1.03. The van der Waals surface area contributed by atoms with Crippen LogP contribution in [0.3, 0.4) is 0 Å². The molecular formula is C16H13NO5. The van der Waals surface area contributed by atoms with Crippen molar-refractivity contribution in [2.45, 2.75) is 19.4 Å². The van der Waals surface area contributed by atoms with E-state index in [4.69, 9.17) is 15.2 Å². The number of esters is 2. The number of benzene rings is 1. The van der Waals surface area contributed by atoms with E-state index in [0.29, 0.717) is 16.7 Å². The van der Waals surface area contributed by atoms with Crippen LogP contribution in [0.4, 0.5) is 0 Å². The molecule has 1 aromatic carbocycles. The number of hydrogen-bond donors (Lipinski definition) is 1. The van der Waals surface area contributed by atoms with Crippen molar-refractivity contribution in [3.63, 3.8) is 0 Å². The van der Waals surface area contributed by atoms with E-state index in [1.165, 1.54) is 6.08 Å². The van der Waals surface area contributed by atoms with E-state index in [1.807, 2.05) is 0 Å². The van der Waals surface area contributed by atoms with Gasteiger partial charge in [0.15, 0.2) is 0 Å². The van der Waals surface area contributed by atoms with Gasteiger partial charge >= 0.3 is 11.9 Å². The molecule has 2 aliphatic heterocycles. The molecule has 0 aromatic heterocycles. The highest BCUT2D eigenvalue weighted by molar-refractivity contribution is 6.19. The number of carbonyl (C=O) groups is 3. The second kappa shape index (κ2) is 4.56. The first-order valence-corrected chi connectivity index (χ1v) is 6.62. The highest BCUT2D eigenvalue weighted by Gasteiger charge is 2.42. The van der Waals surface area contributed by atoms with Crippen molar-refractivity contribution in [2.24, 2.45) is 5.73 Å². The molecule has 2 N–H and O–H groups in total. The summed E-state index contributed by atoms with van der Waals surface area (Å²) in [5, 5.41) is 0. The minimum Gasteiger partial charge on any atom is -0.451 e. The first-order chi connectivity index (χ1) is 10.3. The molecule has 1 aromatic rings. The number of fused-ring (bicyclic) bond motifs is 1. The molecule has 0 atom stereocenters. The summed E-state index contributed by atoms with van der Waals surface area (Å²) >= 11 is 0. The van der Waals surface area contributed by atoms with Crippen molar-refractivity contribution < 1.29 is 23.9 Å². The number of nitrogens with two attached hydrogens (primary N) is 1. The number of amides is 1. The molecule has 0 fully saturated rings. The number of rotatable bonds is 2. The standard InChI is InChI=1S/C16H13NO5/c1-16(2)10(12(13(17)18)15(20)22-16)7-11-8-5-3-4-6-9(8)14(19)21-11/h3-7H,1-2H3,(H2,17,18). The van der Waals surface area contributed by atoms with Gasteiger partial charge in [-0.15, -0.1) is 0 Å². The van der Waals surface area contributed by atoms with Crippen LogP contribution in [0.15, 0.2) is 41.5 Å². The van der Waals surface area contributed by atoms with Gasteiger partial charge in [-0.3, -0.25) is 4.79 Å². The Hall–Kier alpha value is -2.89. The summed E-state index contributed by atoms with van der Waals surface area (Å²) in [5.74, 6) is -1.87. The fourth-order valence-electron chi connectivity index (χ4n) is 2.55. The second-order valence-electron chi connectivity index (χ2n) is 5.50. The van der Waals surface area contributed by atoms with Crippen LogP contribution in [0.5, 0.6) is 0 Å². The van der Waals surface area contributed by atoms with Crippen LogP contribution < -0.4 is 5.73 Å². The Bertz CT molecular complexity index is 785. The lowest BCUT2D eigenvalue weighted by Crippen LogP contribution is -2.22. The molecule has 0 spiro atoms. The Labute approximate surface area is 126 Å². The largest absolute Gasteiger partial charge is 0.451 e. The Morgan fingerprint density at radius 2 is 1.77 bits per heavy atom. The molecule has 0 aliphatic carbocycles. The number of hydrogen-bond acceptors (Lipinski definition) is 5. The highest BCUT2D eigenvalue weighted by Crippen LogP contribution is 2.37. The Kier molecular flexibility index (Phi) is 2.91. The molecular weight excluding hydrogens is 286 g/mol. The summed E-state index contributed by atoms with van der Waals surface area (Å²) in [4.78, 5) is 35.1. The molecule has 6 heteroatoms. The Balaban J connectivity index is 2.18. The smallest absolute Gasteiger partial charge is 0.345 e. The van der Waals surface area contributed by atoms with Gasteiger partial charge in [0.25, 0.3) is 5.91 Å². The number of cyclic esters (lactones) is 2. The summed E-state index contributed by atoms with van der Waals surface area (Å²) in [6, 6.07) is 6.85. The Morgan fingerprint density at radius 1 is 1.14 bits per heavy atom. The Morgan fingerprint density at radius 3 is 2.41 bits per heavy atom. The zero-order valence-corrected chi connectivity index (χ0v) is 12.0. The molecule has 0 saturated carbocycles. The lowest BCUT2D eigenvalue weighted by molar-refractivity contribution is -0.145. The lowest BCUT2D eigenvalue weighted by Gasteiger charge is -2.19. The van der Waals surface area contributed by atoms with Gasteiger partial charge in [-0.05, 0) is 26.0 Å². The summed E-state index contributed by atoms with van der Waals surface area (Å²) in [6.07, 6.45) is 1.47. The molecule has 2 heterocycles. The molecule has 3 rings (SSSR count). The summed E-state index contributed by atoms with van der Waals surface area (Å²) < 4.78 is 10.4. The molecule has 0 unspecified atom stereocenters. The topological polar surface area (TPSA) is 95.7 Å². The van der Waals surface area contributed by atoms with Gasteiger partial charge in [-0.1, -0.05) is 18.2 Å². The lowest BCUT2D eigenvalue weighted by atomic mass is 9.93. The molecule has 1 amide bonds. The fraction of sp³-hybridized carbons (Fsp3) is 0.188. The van der Waals surface area contributed by atoms with Crippen LogP contribution >= 0.6 is 0 Å². The van der Waals surface area contributed by atoms with Crippen molar-refractivity contribution in [3.8, 4) is 0 Å². The molecule has 0 saturated heterocycles. The monoisotopic (exact) mass is 299 g/mol. The second-order valence-corrected chi connectivity index (χ2v) is 5.50. The quantitative estimate of drug-likeness (QED) is 0.656. The van der Waals surface area contributed by atoms with Gasteiger partial charge in [0, 0.05) is 11.1 Å². The zero-order chi connectivity index (χ0) is 16.1. The van der Waals surface area contributed by atoms with Crippen LogP contribution in [-0.2, 0) is 19.1 Å². The fourth-order valence-corrected chi connectivity index (χ4v) is 2.55. The van der Waals surface area contributed by atoms with Crippen molar-refractivity contribution in [1.29, 1.82) is 0 Å². The molecule has 0 bridgehead atoms. The summed E-state index contributed by atoms with van der Waals surface area (Å²) in [7, 11) is 0. The van der Waals surface area contributed by atoms with Gasteiger partial charge in [0.2, 0.25) is 0 Å². The zero-order valence-electron chi connectivity index (χ0n) is 12.0. The van der Waals surface area contributed by atoms with E-state index in [9.17, 15) is 14.4 Å². The normalized spacial score (nSPS) is 20.9. The van der Waals surface area contributed by atoms with E-state index in [-0.39, 0.29) is 11.3 Å². The first kappa shape index (κ1) is 14.1. The van der Waals surface area contributed by atoms with E-state index in [0.717, 1.165) is 0 Å². The van der Waals surface area contributed by atoms with Gasteiger partial charge in [-0.2, -0.15) is 0 Å². The molecule has 112 valence electrons. The van der Waals surface area contributed by atoms with Gasteiger partial charge < -0.3 is 15.2 Å². The van der Waals surface area contributed by atoms with Crippen molar-refractivity contribution in [3.05, 3.63) is 52.6 Å². The van der Waals surface area contributed by atoms with Crippen LogP contribution in [-0.4, -0.2) is 23.4 Å². The minimum absolute atomic E-state index is 0.224. The predicted octanol–water partition coefficient (Wildman–Crippen LogP) is 1.32. The van der Waals surface area contributed by atoms with Crippen molar-refractivity contribution in [1.82, 2.24) is 0 Å². The summed E-state index contributed by atoms with van der Waals surface area (Å²) in [5.41, 5.74) is 5.33. The van der Waals surface area contributed by atoms with Crippen LogP contribution in [0, 0.1) is 0 Å². The molecule has 2 aliphatic rings.